The van der Waals surface area contributed by atoms with Gasteiger partial charge < -0.3 is 10.0 Å². The van der Waals surface area contributed by atoms with Gasteiger partial charge in [-0.25, -0.2) is 0 Å². The van der Waals surface area contributed by atoms with Crippen molar-refractivity contribution < 1.29 is 5.11 Å². The molecule has 0 radical (unpaired) electrons. The van der Waals surface area contributed by atoms with Gasteiger partial charge in [-0.15, -0.1) is 0 Å². The molecule has 0 aliphatic rings. The van der Waals surface area contributed by atoms with Crippen LogP contribution in [0, 0.1) is 0 Å². The second kappa shape index (κ2) is 6.38. The highest BCUT2D eigenvalue weighted by Gasteiger charge is 2.08. The second-order valence-electron chi connectivity index (χ2n) is 3.80. The minimum atomic E-state index is -0.516. The summed E-state index contributed by atoms with van der Waals surface area (Å²) in [6.07, 6.45) is 1.58. The van der Waals surface area contributed by atoms with Crippen molar-refractivity contribution in [1.29, 1.82) is 0 Å². The van der Waals surface area contributed by atoms with E-state index in [0.29, 0.717) is 5.02 Å². The van der Waals surface area contributed by atoms with E-state index in [1.54, 1.807) is 6.92 Å². The van der Waals surface area contributed by atoms with E-state index in [1.807, 2.05) is 37.0 Å². The summed E-state index contributed by atoms with van der Waals surface area (Å²) in [6.45, 7) is 2.71. The van der Waals surface area contributed by atoms with Gasteiger partial charge >= 0.3 is 0 Å². The lowest BCUT2D eigenvalue weighted by Gasteiger charge is -2.20. The third-order valence-corrected chi connectivity index (χ3v) is 3.42. The van der Waals surface area contributed by atoms with Gasteiger partial charge in [-0.2, -0.15) is 11.8 Å². The number of thioether (sulfide) groups is 1. The van der Waals surface area contributed by atoms with Crippen LogP contribution in [0.15, 0.2) is 18.2 Å². The van der Waals surface area contributed by atoms with Gasteiger partial charge in [0, 0.05) is 30.1 Å². The molecule has 4 heteroatoms. The van der Waals surface area contributed by atoms with Crippen LogP contribution in [-0.2, 0) is 0 Å². The zero-order chi connectivity index (χ0) is 12.1. The maximum atomic E-state index is 9.47. The largest absolute Gasteiger partial charge is 0.389 e. The number of rotatable bonds is 5. The molecule has 1 unspecified atom stereocenters. The summed E-state index contributed by atoms with van der Waals surface area (Å²) in [5.74, 6) is 1.09. The summed E-state index contributed by atoms with van der Waals surface area (Å²) in [4.78, 5) is 2.16. The second-order valence-corrected chi connectivity index (χ2v) is 5.19. The minimum Gasteiger partial charge on any atom is -0.389 e. The van der Waals surface area contributed by atoms with Gasteiger partial charge in [-0.1, -0.05) is 17.7 Å². The smallest absolute Gasteiger partial charge is 0.0776 e. The number of hydrogen-bond donors (Lipinski definition) is 1. The monoisotopic (exact) mass is 259 g/mol. The summed E-state index contributed by atoms with van der Waals surface area (Å²) in [5.41, 5.74) is 1.87. The van der Waals surface area contributed by atoms with Gasteiger partial charge in [0.2, 0.25) is 0 Å². The number of anilines is 1. The molecule has 0 fully saturated rings. The topological polar surface area (TPSA) is 23.5 Å². The molecular weight excluding hydrogens is 242 g/mol. The Morgan fingerprint density at radius 3 is 2.69 bits per heavy atom. The fourth-order valence-corrected chi connectivity index (χ4v) is 2.24. The predicted octanol–water partition coefficient (Wildman–Crippen LogP) is 3.19. The van der Waals surface area contributed by atoms with Crippen LogP contribution in [-0.4, -0.2) is 30.7 Å². The molecule has 0 aliphatic carbocycles. The number of aliphatic hydroxyl groups is 1. The van der Waals surface area contributed by atoms with Gasteiger partial charge in [0.15, 0.2) is 0 Å². The zero-order valence-corrected chi connectivity index (χ0v) is 11.5. The van der Waals surface area contributed by atoms with Crippen molar-refractivity contribution in [2.45, 2.75) is 13.0 Å². The maximum Gasteiger partial charge on any atom is 0.0776 e. The highest BCUT2D eigenvalue weighted by molar-refractivity contribution is 7.98. The van der Waals surface area contributed by atoms with Crippen molar-refractivity contribution in [3.05, 3.63) is 28.8 Å². The van der Waals surface area contributed by atoms with Crippen molar-refractivity contribution in [2.24, 2.45) is 0 Å². The lowest BCUT2D eigenvalue weighted by molar-refractivity contribution is 0.199. The van der Waals surface area contributed by atoms with Gasteiger partial charge in [0.25, 0.3) is 0 Å². The molecule has 0 heterocycles. The molecule has 0 saturated carbocycles. The Morgan fingerprint density at radius 2 is 2.19 bits per heavy atom. The van der Waals surface area contributed by atoms with Gasteiger partial charge in [-0.3, -0.25) is 0 Å². The number of nitrogens with zero attached hydrogens (tertiary/aromatic N) is 1. The summed E-state index contributed by atoms with van der Waals surface area (Å²) in [7, 11) is 2.05. The van der Waals surface area contributed by atoms with Crippen LogP contribution >= 0.6 is 23.4 Å². The minimum absolute atomic E-state index is 0.516. The molecule has 16 heavy (non-hydrogen) atoms. The van der Waals surface area contributed by atoms with Crippen LogP contribution in [0.2, 0.25) is 5.02 Å². The van der Waals surface area contributed by atoms with E-state index in [4.69, 9.17) is 11.6 Å². The van der Waals surface area contributed by atoms with Crippen LogP contribution in [0.25, 0.3) is 0 Å². The average molecular weight is 260 g/mol. The molecule has 2 nitrogen and oxygen atoms in total. The number of aliphatic hydroxyl groups excluding tert-OH is 1. The Hall–Kier alpha value is -0.380. The van der Waals surface area contributed by atoms with Crippen LogP contribution in [0.5, 0.6) is 0 Å². The van der Waals surface area contributed by atoms with E-state index in [1.165, 1.54) is 0 Å². The Bertz CT molecular complexity index is 344. The Labute approximate surface area is 107 Å². The SMILES string of the molecule is CSCCN(C)c1ccc(C(C)O)c(Cl)c1. The lowest BCUT2D eigenvalue weighted by atomic mass is 10.1. The van der Waals surface area contributed by atoms with E-state index >= 15 is 0 Å². The van der Waals surface area contributed by atoms with Crippen molar-refractivity contribution in [1.82, 2.24) is 0 Å². The van der Waals surface area contributed by atoms with E-state index in [2.05, 4.69) is 11.2 Å². The van der Waals surface area contributed by atoms with E-state index in [9.17, 15) is 5.11 Å². The first-order valence-electron chi connectivity index (χ1n) is 5.24. The zero-order valence-electron chi connectivity index (χ0n) is 9.90. The quantitative estimate of drug-likeness (QED) is 0.879. The molecule has 1 N–H and O–H groups in total. The van der Waals surface area contributed by atoms with Crippen LogP contribution in [0.4, 0.5) is 5.69 Å². The van der Waals surface area contributed by atoms with Crippen LogP contribution in [0.1, 0.15) is 18.6 Å². The number of benzene rings is 1. The van der Waals surface area contributed by atoms with E-state index in [-0.39, 0.29) is 0 Å². The number of halogens is 1. The third kappa shape index (κ3) is 3.58. The Balaban J connectivity index is 2.80. The molecule has 0 spiro atoms. The molecule has 1 atom stereocenters. The normalized spacial score (nSPS) is 12.6. The molecule has 0 amide bonds. The van der Waals surface area contributed by atoms with Crippen molar-refractivity contribution >= 4 is 29.1 Å². The molecule has 0 bridgehead atoms. The fourth-order valence-electron chi connectivity index (χ4n) is 1.45. The molecule has 1 aromatic carbocycles. The lowest BCUT2D eigenvalue weighted by Crippen LogP contribution is -2.20. The average Bonchev–Trinajstić information content (AvgIpc) is 2.25. The third-order valence-electron chi connectivity index (χ3n) is 2.51. The molecule has 0 aliphatic heterocycles. The Kier molecular flexibility index (Phi) is 5.46. The van der Waals surface area contributed by atoms with Crippen molar-refractivity contribution in [3.8, 4) is 0 Å². The van der Waals surface area contributed by atoms with E-state index in [0.717, 1.165) is 23.5 Å². The van der Waals surface area contributed by atoms with Crippen molar-refractivity contribution in [2.75, 3.05) is 30.5 Å². The highest BCUT2D eigenvalue weighted by atomic mass is 35.5. The summed E-state index contributed by atoms with van der Waals surface area (Å²) < 4.78 is 0. The Morgan fingerprint density at radius 1 is 1.50 bits per heavy atom. The first-order valence-corrected chi connectivity index (χ1v) is 7.01. The number of hydrogen-bond acceptors (Lipinski definition) is 3. The molecule has 90 valence electrons. The molecule has 0 saturated heterocycles. The van der Waals surface area contributed by atoms with E-state index < -0.39 is 6.10 Å². The molecular formula is C12H18ClNOS. The fraction of sp³-hybridized carbons (Fsp3) is 0.500. The van der Waals surface area contributed by atoms with Gasteiger partial charge in [0.05, 0.1) is 6.10 Å². The summed E-state index contributed by atoms with van der Waals surface area (Å²) in [5, 5.41) is 10.1. The molecule has 0 aromatic heterocycles. The maximum absolute atomic E-state index is 9.47. The standard InChI is InChI=1S/C12H18ClNOS/c1-9(15)11-5-4-10(8-12(11)13)14(2)6-7-16-3/h4-5,8-9,15H,6-7H2,1-3H3. The molecule has 1 rings (SSSR count). The van der Waals surface area contributed by atoms with Gasteiger partial charge in [-0.05, 0) is 30.9 Å². The summed E-state index contributed by atoms with van der Waals surface area (Å²) >= 11 is 7.93. The summed E-state index contributed by atoms with van der Waals surface area (Å²) in [6, 6.07) is 5.79. The molecule has 1 aromatic rings. The van der Waals surface area contributed by atoms with Crippen LogP contribution < -0.4 is 4.90 Å². The predicted molar refractivity (Wildman–Crippen MR) is 73.7 cm³/mol. The highest BCUT2D eigenvalue weighted by Crippen LogP contribution is 2.27. The van der Waals surface area contributed by atoms with Crippen molar-refractivity contribution in [3.63, 3.8) is 0 Å². The first kappa shape index (κ1) is 13.7. The first-order chi connectivity index (χ1) is 7.56. The van der Waals surface area contributed by atoms with Crippen LogP contribution in [0.3, 0.4) is 0 Å². The van der Waals surface area contributed by atoms with Gasteiger partial charge in [0.1, 0.15) is 0 Å².